The number of rotatable bonds is 5. The highest BCUT2D eigenvalue weighted by Crippen LogP contribution is 2.09. The number of hydrogen-bond acceptors (Lipinski definition) is 5. The Hall–Kier alpha value is -2.48. The average Bonchev–Trinajstić information content (AvgIpc) is 2.92. The zero-order valence-electron chi connectivity index (χ0n) is 10.3. The largest absolute Gasteiger partial charge is 0.480 e. The summed E-state index contributed by atoms with van der Waals surface area (Å²) in [6.45, 7) is 0. The smallest absolute Gasteiger partial charge is 0.326 e. The van der Waals surface area contributed by atoms with Crippen LogP contribution in [0.15, 0.2) is 36.5 Å². The maximum Gasteiger partial charge on any atom is 0.326 e. The Labute approximate surface area is 118 Å². The summed E-state index contributed by atoms with van der Waals surface area (Å²) in [5.74, 6) is -1.09. The number of hydrogen-bond donors (Lipinski definition) is 3. The lowest BCUT2D eigenvalue weighted by Gasteiger charge is -2.14. The SMILES string of the molecule is O=C(Nc1cnns1)NC(Cc1ccccc1)C(=O)O. The van der Waals surface area contributed by atoms with Crippen molar-refractivity contribution in [2.75, 3.05) is 5.32 Å². The first-order valence-electron chi connectivity index (χ1n) is 5.77. The van der Waals surface area contributed by atoms with Gasteiger partial charge in [-0.25, -0.2) is 9.59 Å². The topological polar surface area (TPSA) is 104 Å². The molecule has 1 aromatic carbocycles. The molecular formula is C12H12N4O3S. The molecule has 0 bridgehead atoms. The first kappa shape index (κ1) is 13.9. The minimum absolute atomic E-state index is 0.213. The van der Waals surface area contributed by atoms with Crippen LogP contribution in [0, 0.1) is 0 Å². The van der Waals surface area contributed by atoms with Gasteiger partial charge in [0.05, 0.1) is 6.20 Å². The Kier molecular flexibility index (Phi) is 4.61. The van der Waals surface area contributed by atoms with Crippen LogP contribution in [0.3, 0.4) is 0 Å². The van der Waals surface area contributed by atoms with E-state index in [1.54, 1.807) is 0 Å². The van der Waals surface area contributed by atoms with E-state index in [9.17, 15) is 9.59 Å². The maximum atomic E-state index is 11.7. The number of benzene rings is 1. The van der Waals surface area contributed by atoms with Crippen molar-refractivity contribution in [2.24, 2.45) is 0 Å². The highest BCUT2D eigenvalue weighted by Gasteiger charge is 2.20. The van der Waals surface area contributed by atoms with E-state index in [4.69, 9.17) is 5.11 Å². The highest BCUT2D eigenvalue weighted by atomic mass is 32.1. The van der Waals surface area contributed by atoms with E-state index in [1.807, 2.05) is 30.3 Å². The number of aliphatic carboxylic acids is 1. The van der Waals surface area contributed by atoms with Gasteiger partial charge in [0, 0.05) is 18.0 Å². The van der Waals surface area contributed by atoms with E-state index in [0.717, 1.165) is 17.1 Å². The Morgan fingerprint density at radius 1 is 1.30 bits per heavy atom. The quantitative estimate of drug-likeness (QED) is 0.771. The second-order valence-corrected chi connectivity index (χ2v) is 4.75. The Morgan fingerprint density at radius 2 is 2.05 bits per heavy atom. The Morgan fingerprint density at radius 3 is 2.65 bits per heavy atom. The third kappa shape index (κ3) is 4.02. The molecule has 0 aliphatic rings. The molecule has 0 fully saturated rings. The molecule has 0 aliphatic heterocycles. The van der Waals surface area contributed by atoms with Gasteiger partial charge in [-0.15, -0.1) is 5.10 Å². The van der Waals surface area contributed by atoms with Crippen molar-refractivity contribution in [3.05, 3.63) is 42.1 Å². The van der Waals surface area contributed by atoms with Crippen molar-refractivity contribution in [2.45, 2.75) is 12.5 Å². The number of carbonyl (C=O) groups excluding carboxylic acids is 1. The summed E-state index contributed by atoms with van der Waals surface area (Å²) in [4.78, 5) is 22.9. The molecule has 1 aromatic heterocycles. The number of carbonyl (C=O) groups is 2. The summed E-state index contributed by atoms with van der Waals surface area (Å²) in [5, 5.41) is 18.0. The first-order valence-corrected chi connectivity index (χ1v) is 6.54. The van der Waals surface area contributed by atoms with E-state index < -0.39 is 18.0 Å². The normalized spacial score (nSPS) is 11.6. The van der Waals surface area contributed by atoms with Crippen molar-refractivity contribution >= 4 is 28.5 Å². The van der Waals surface area contributed by atoms with Crippen LogP contribution in [0.5, 0.6) is 0 Å². The molecule has 1 heterocycles. The minimum Gasteiger partial charge on any atom is -0.480 e. The summed E-state index contributed by atoms with van der Waals surface area (Å²) < 4.78 is 3.59. The second-order valence-electron chi connectivity index (χ2n) is 3.96. The number of carboxylic acid groups (broad SMARTS) is 1. The molecule has 3 N–H and O–H groups in total. The molecule has 104 valence electrons. The zero-order valence-corrected chi connectivity index (χ0v) is 11.1. The van der Waals surface area contributed by atoms with Crippen molar-refractivity contribution < 1.29 is 14.7 Å². The van der Waals surface area contributed by atoms with Gasteiger partial charge in [0.1, 0.15) is 11.0 Å². The van der Waals surface area contributed by atoms with Crippen LogP contribution in [0.1, 0.15) is 5.56 Å². The lowest BCUT2D eigenvalue weighted by Crippen LogP contribution is -2.44. The van der Waals surface area contributed by atoms with Crippen LogP contribution >= 0.6 is 11.5 Å². The van der Waals surface area contributed by atoms with Crippen molar-refractivity contribution in [3.63, 3.8) is 0 Å². The van der Waals surface area contributed by atoms with E-state index in [0.29, 0.717) is 5.00 Å². The number of aromatic nitrogens is 2. The fourth-order valence-corrected chi connectivity index (χ4v) is 1.99. The summed E-state index contributed by atoms with van der Waals surface area (Å²) in [6.07, 6.45) is 1.60. The molecule has 0 spiro atoms. The molecule has 2 aromatic rings. The van der Waals surface area contributed by atoms with Gasteiger partial charge in [0.25, 0.3) is 0 Å². The molecule has 1 unspecified atom stereocenters. The third-order valence-corrected chi connectivity index (χ3v) is 3.06. The monoisotopic (exact) mass is 292 g/mol. The summed E-state index contributed by atoms with van der Waals surface area (Å²) >= 11 is 1.01. The fraction of sp³-hybridized carbons (Fsp3) is 0.167. The van der Waals surface area contributed by atoms with Crippen molar-refractivity contribution in [3.8, 4) is 0 Å². The summed E-state index contributed by atoms with van der Waals surface area (Å²) in [6, 6.07) is 7.49. The number of anilines is 1. The second kappa shape index (κ2) is 6.62. The summed E-state index contributed by atoms with van der Waals surface area (Å²) in [5.41, 5.74) is 0.833. The van der Waals surface area contributed by atoms with Gasteiger partial charge in [-0.2, -0.15) is 0 Å². The van der Waals surface area contributed by atoms with E-state index in [-0.39, 0.29) is 6.42 Å². The lowest BCUT2D eigenvalue weighted by atomic mass is 10.1. The standard InChI is InChI=1S/C12H12N4O3S/c17-11(18)9(6-8-4-2-1-3-5-8)14-12(19)15-10-7-13-16-20-10/h1-5,7,9H,6H2,(H,17,18)(H2,14,15,19). The van der Waals surface area contributed by atoms with Crippen LogP contribution in [-0.4, -0.2) is 32.7 Å². The number of nitrogens with one attached hydrogen (secondary N) is 2. The van der Waals surface area contributed by atoms with E-state index in [1.165, 1.54) is 6.20 Å². The van der Waals surface area contributed by atoms with Crippen LogP contribution in [0.2, 0.25) is 0 Å². The molecule has 20 heavy (non-hydrogen) atoms. The lowest BCUT2D eigenvalue weighted by molar-refractivity contribution is -0.139. The van der Waals surface area contributed by atoms with Crippen molar-refractivity contribution in [1.29, 1.82) is 0 Å². The van der Waals surface area contributed by atoms with E-state index >= 15 is 0 Å². The average molecular weight is 292 g/mol. The molecule has 0 radical (unpaired) electrons. The number of amides is 2. The van der Waals surface area contributed by atoms with Gasteiger partial charge in [-0.05, 0) is 5.56 Å². The zero-order chi connectivity index (χ0) is 14.4. The first-order chi connectivity index (χ1) is 9.65. The molecule has 2 rings (SSSR count). The van der Waals surface area contributed by atoms with Gasteiger partial charge >= 0.3 is 12.0 Å². The maximum absolute atomic E-state index is 11.7. The predicted octanol–water partition coefficient (Wildman–Crippen LogP) is 1.36. The fourth-order valence-electron chi connectivity index (χ4n) is 1.58. The van der Waals surface area contributed by atoms with Crippen molar-refractivity contribution in [1.82, 2.24) is 14.9 Å². The molecule has 8 heteroatoms. The van der Waals surface area contributed by atoms with Crippen LogP contribution < -0.4 is 10.6 Å². The summed E-state index contributed by atoms with van der Waals surface area (Å²) in [7, 11) is 0. The molecular weight excluding hydrogens is 280 g/mol. The van der Waals surface area contributed by atoms with Gasteiger partial charge in [-0.3, -0.25) is 5.32 Å². The Bertz CT molecular complexity index is 574. The highest BCUT2D eigenvalue weighted by molar-refractivity contribution is 7.10. The number of urea groups is 1. The van der Waals surface area contributed by atoms with Crippen LogP contribution in [0.4, 0.5) is 9.80 Å². The molecule has 0 saturated heterocycles. The molecule has 1 atom stereocenters. The molecule has 7 nitrogen and oxygen atoms in total. The molecule has 2 amide bonds. The molecule has 0 aliphatic carbocycles. The van der Waals surface area contributed by atoms with Gasteiger partial charge in [0.2, 0.25) is 0 Å². The predicted molar refractivity (Wildman–Crippen MR) is 73.6 cm³/mol. The van der Waals surface area contributed by atoms with E-state index in [2.05, 4.69) is 20.2 Å². The van der Waals surface area contributed by atoms with Crippen LogP contribution in [-0.2, 0) is 11.2 Å². The molecule has 0 saturated carbocycles. The van der Waals surface area contributed by atoms with Gasteiger partial charge in [-0.1, -0.05) is 34.8 Å². The number of carboxylic acids is 1. The minimum atomic E-state index is -1.09. The van der Waals surface area contributed by atoms with Gasteiger partial charge in [0.15, 0.2) is 0 Å². The third-order valence-electron chi connectivity index (χ3n) is 2.48. The van der Waals surface area contributed by atoms with Crippen LogP contribution in [0.25, 0.3) is 0 Å². The Balaban J connectivity index is 1.95. The number of nitrogens with zero attached hydrogens (tertiary/aromatic N) is 2. The van der Waals surface area contributed by atoms with Gasteiger partial charge < -0.3 is 10.4 Å².